The van der Waals surface area contributed by atoms with Crippen LogP contribution in [0.3, 0.4) is 0 Å². The number of nitrogens with two attached hydrogens (primary N) is 2. The number of hydrogen-bond donors (Lipinski definition) is 3. The van der Waals surface area contributed by atoms with Crippen LogP contribution in [0.2, 0.25) is 0 Å². The van der Waals surface area contributed by atoms with Gasteiger partial charge in [-0.05, 0) is 48.0 Å². The average Bonchev–Trinajstić information content (AvgIpc) is 2.69. The molecule has 1 aromatic carbocycles. The molecule has 1 atom stereocenters. The zero-order valence-corrected chi connectivity index (χ0v) is 18.5. The van der Waals surface area contributed by atoms with Gasteiger partial charge in [-0.25, -0.2) is 4.98 Å². The van der Waals surface area contributed by atoms with Crippen LogP contribution in [-0.2, 0) is 9.59 Å². The molecule has 31 heavy (non-hydrogen) atoms. The van der Waals surface area contributed by atoms with Crippen molar-refractivity contribution in [2.24, 2.45) is 5.73 Å². The molecule has 0 spiro atoms. The number of carbonyl (C=O) groups excluding carboxylic acids is 3. The lowest BCUT2D eigenvalue weighted by molar-refractivity contribution is -0.563. The summed E-state index contributed by atoms with van der Waals surface area (Å²) in [5.74, 6) is -0.306. The average molecular weight is 444 g/mol. The van der Waals surface area contributed by atoms with Gasteiger partial charge in [-0.1, -0.05) is 12.5 Å². The minimum Gasteiger partial charge on any atom is -0.368 e. The number of rotatable bonds is 1. The first-order valence-electron chi connectivity index (χ1n) is 10.2. The van der Waals surface area contributed by atoms with Gasteiger partial charge in [-0.3, -0.25) is 14.4 Å². The van der Waals surface area contributed by atoms with Gasteiger partial charge in [0.1, 0.15) is 11.7 Å². The second kappa shape index (κ2) is 9.86. The number of nitrogen functional groups attached to an aromatic ring is 1. The number of amides is 2. The predicted octanol–water partition coefficient (Wildman–Crippen LogP) is 1.24. The number of primary amides is 1. The number of nitrogens with one attached hydrogen (secondary N) is 1. The normalized spacial score (nSPS) is 18.2. The van der Waals surface area contributed by atoms with Crippen molar-refractivity contribution in [2.45, 2.75) is 52.0 Å². The van der Waals surface area contributed by atoms with Gasteiger partial charge in [0.05, 0.1) is 10.9 Å². The topological polar surface area (TPSA) is 145 Å². The van der Waals surface area contributed by atoms with Crippen molar-refractivity contribution in [1.82, 2.24) is 15.4 Å². The third kappa shape index (κ3) is 5.78. The van der Waals surface area contributed by atoms with Crippen LogP contribution < -0.4 is 20.9 Å². The molecule has 0 aliphatic carbocycles. The van der Waals surface area contributed by atoms with E-state index in [1.807, 2.05) is 26.0 Å². The first kappa shape index (κ1) is 22.7. The zero-order chi connectivity index (χ0) is 22.5. The molecule has 164 valence electrons. The van der Waals surface area contributed by atoms with Gasteiger partial charge in [0, 0.05) is 24.0 Å². The summed E-state index contributed by atoms with van der Waals surface area (Å²) in [6.45, 7) is 3.87. The fourth-order valence-electron chi connectivity index (χ4n) is 3.59. The summed E-state index contributed by atoms with van der Waals surface area (Å²) in [5, 5.41) is 6.85. The Kier molecular flexibility index (Phi) is 7.21. The molecule has 0 saturated heterocycles. The molecule has 5 N–H and O–H groups in total. The molecule has 2 aromatic rings. The van der Waals surface area contributed by atoms with E-state index in [-0.39, 0.29) is 24.1 Å². The lowest BCUT2D eigenvalue weighted by atomic mass is 9.93. The molecular formula is C21H27N6O3S+. The van der Waals surface area contributed by atoms with Crippen molar-refractivity contribution in [2.75, 3.05) is 11.5 Å². The van der Waals surface area contributed by atoms with Gasteiger partial charge in [-0.2, -0.15) is 0 Å². The molecule has 1 aliphatic rings. The fourth-order valence-corrected chi connectivity index (χ4v) is 4.37. The lowest BCUT2D eigenvalue weighted by Crippen LogP contribution is -2.44. The summed E-state index contributed by atoms with van der Waals surface area (Å²) >= 11 is 1.29. The summed E-state index contributed by atoms with van der Waals surface area (Å²) in [4.78, 5) is 41.2. The molecule has 4 bridgehead atoms. The van der Waals surface area contributed by atoms with Gasteiger partial charge in [0.2, 0.25) is 18.0 Å². The zero-order valence-electron chi connectivity index (χ0n) is 17.7. The molecule has 2 heterocycles. The highest BCUT2D eigenvalue weighted by Gasteiger charge is 2.21. The third-order valence-electron chi connectivity index (χ3n) is 5.19. The van der Waals surface area contributed by atoms with E-state index in [4.69, 9.17) is 11.5 Å². The number of aromatic nitrogens is 3. The van der Waals surface area contributed by atoms with Crippen molar-refractivity contribution in [3.05, 3.63) is 35.0 Å². The Morgan fingerprint density at radius 2 is 1.90 bits per heavy atom. The van der Waals surface area contributed by atoms with Crippen molar-refractivity contribution < 1.29 is 18.5 Å². The molecule has 1 aliphatic heterocycles. The maximum Gasteiger partial charge on any atom is 0.287 e. The van der Waals surface area contributed by atoms with Crippen molar-refractivity contribution in [3.63, 3.8) is 0 Å². The van der Waals surface area contributed by atoms with Crippen molar-refractivity contribution in [1.29, 1.82) is 0 Å². The molecule has 2 amide bonds. The van der Waals surface area contributed by atoms with Crippen LogP contribution in [0.4, 0.5) is 5.95 Å². The van der Waals surface area contributed by atoms with Crippen LogP contribution in [0.5, 0.6) is 0 Å². The molecule has 10 heteroatoms. The number of Topliss-reactive ketones (excluding diaryl/α,β-unsaturated/α-hetero) is 1. The Labute approximate surface area is 185 Å². The number of aryl methyl sites for hydroxylation is 2. The second-order valence-corrected chi connectivity index (χ2v) is 8.68. The number of anilines is 1. The molecule has 3 rings (SSSR count). The van der Waals surface area contributed by atoms with Crippen molar-refractivity contribution >= 4 is 35.5 Å². The van der Waals surface area contributed by atoms with Crippen molar-refractivity contribution in [3.8, 4) is 11.3 Å². The Balaban J connectivity index is 1.98. The smallest absolute Gasteiger partial charge is 0.287 e. The monoisotopic (exact) mass is 443 g/mol. The van der Waals surface area contributed by atoms with Gasteiger partial charge < -0.3 is 16.8 Å². The summed E-state index contributed by atoms with van der Waals surface area (Å²) in [6, 6.07) is 3.09. The highest BCUT2D eigenvalue weighted by atomic mass is 32.2. The number of carbonyl (C=O) groups is 3. The molecule has 1 unspecified atom stereocenters. The Bertz CT molecular complexity index is 1030. The van der Waals surface area contributed by atoms with E-state index in [1.165, 1.54) is 11.9 Å². The number of ketones is 1. The number of nitrogens with zero attached hydrogens (tertiary/aromatic N) is 3. The minimum atomic E-state index is -0.745. The van der Waals surface area contributed by atoms with Crippen LogP contribution in [0.25, 0.3) is 11.3 Å². The molecule has 1 aromatic heterocycles. The van der Waals surface area contributed by atoms with E-state index in [2.05, 4.69) is 15.4 Å². The van der Waals surface area contributed by atoms with Crippen LogP contribution in [-0.4, -0.2) is 39.5 Å². The van der Waals surface area contributed by atoms with Gasteiger partial charge in [0.15, 0.2) is 17.7 Å². The molecule has 0 fully saturated rings. The molecule has 0 saturated carbocycles. The highest BCUT2D eigenvalue weighted by Crippen LogP contribution is 2.26. The van der Waals surface area contributed by atoms with Gasteiger partial charge in [-0.15, -0.1) is 0 Å². The molecule has 9 nitrogen and oxygen atoms in total. The minimum absolute atomic E-state index is 0.0204. The Morgan fingerprint density at radius 1 is 1.16 bits per heavy atom. The summed E-state index contributed by atoms with van der Waals surface area (Å²) in [6.07, 6.45) is 3.85. The van der Waals surface area contributed by atoms with E-state index < -0.39 is 11.9 Å². The Hall–Kier alpha value is -3.01. The van der Waals surface area contributed by atoms with Crippen LogP contribution in [0.1, 0.15) is 53.6 Å². The van der Waals surface area contributed by atoms with E-state index in [1.54, 1.807) is 10.3 Å². The number of fused-ring (bicyclic) bond motifs is 5. The largest absolute Gasteiger partial charge is 0.368 e. The third-order valence-corrected chi connectivity index (χ3v) is 6.03. The lowest BCUT2D eigenvalue weighted by Gasteiger charge is -2.15. The fraction of sp³-hybridized carbons (Fsp3) is 0.429. The highest BCUT2D eigenvalue weighted by molar-refractivity contribution is 7.92. The molecular weight excluding hydrogens is 416 g/mol. The maximum absolute atomic E-state index is 12.9. The SMILES string of the molecule is Cc1cc(C)c2cc1C(=O)CCCCC(C(N)=O)NC(=O)CCS[n+]1cc-2nc(N)n1. The summed E-state index contributed by atoms with van der Waals surface area (Å²) < 4.78 is 1.56. The van der Waals surface area contributed by atoms with E-state index >= 15 is 0 Å². The first-order valence-corrected chi connectivity index (χ1v) is 11.1. The first-order chi connectivity index (χ1) is 14.7. The molecule has 0 radical (unpaired) electrons. The second-order valence-electron chi connectivity index (χ2n) is 7.64. The van der Waals surface area contributed by atoms with Gasteiger partial charge in [0.25, 0.3) is 5.95 Å². The van der Waals surface area contributed by atoms with Crippen LogP contribution in [0, 0.1) is 13.8 Å². The van der Waals surface area contributed by atoms with E-state index in [0.29, 0.717) is 42.7 Å². The van der Waals surface area contributed by atoms with Gasteiger partial charge >= 0.3 is 0 Å². The predicted molar refractivity (Wildman–Crippen MR) is 118 cm³/mol. The quantitative estimate of drug-likeness (QED) is 0.562. The van der Waals surface area contributed by atoms with Crippen LogP contribution in [0.15, 0.2) is 18.3 Å². The summed E-state index contributed by atoms with van der Waals surface area (Å²) in [7, 11) is 0. The maximum atomic E-state index is 12.9. The number of hydrogen-bond acceptors (Lipinski definition) is 7. The standard InChI is InChI=1S/C21H26N6O3S/c1-12-9-13(2)15-10-14(12)17-11-27(26-21(23)25-17)31-8-7-19(29)24-16(20(22)30)5-3-4-6-18(15)28/h9-11,16H,3-8H2,1-2H3,(H4-,22,23,24,25,26,29,30)/p+1. The Morgan fingerprint density at radius 3 is 2.65 bits per heavy atom. The summed E-state index contributed by atoms with van der Waals surface area (Å²) in [5.41, 5.74) is 15.3. The van der Waals surface area contributed by atoms with Crippen LogP contribution >= 0.6 is 11.9 Å². The van der Waals surface area contributed by atoms with E-state index in [9.17, 15) is 14.4 Å². The number of benzene rings is 1. The van der Waals surface area contributed by atoms with E-state index in [0.717, 1.165) is 16.7 Å².